The number of hydrogen-bond acceptors (Lipinski definition) is 7. The van der Waals surface area contributed by atoms with Crippen LogP contribution in [-0.4, -0.2) is 52.0 Å². The van der Waals surface area contributed by atoms with Gasteiger partial charge in [0.2, 0.25) is 15.9 Å². The third kappa shape index (κ3) is 5.68. The van der Waals surface area contributed by atoms with E-state index in [-0.39, 0.29) is 17.2 Å². The van der Waals surface area contributed by atoms with Gasteiger partial charge in [-0.2, -0.15) is 4.72 Å². The van der Waals surface area contributed by atoms with Crippen molar-refractivity contribution < 1.29 is 32.3 Å². The number of esters is 1. The molecule has 11 heteroatoms. The Balaban J connectivity index is 1.65. The summed E-state index contributed by atoms with van der Waals surface area (Å²) in [6.45, 7) is 2.42. The van der Waals surface area contributed by atoms with Crippen LogP contribution in [0.25, 0.3) is 0 Å². The van der Waals surface area contributed by atoms with E-state index in [0.29, 0.717) is 17.1 Å². The summed E-state index contributed by atoms with van der Waals surface area (Å²) in [5.74, 6) is -1.19. The van der Waals surface area contributed by atoms with Crippen LogP contribution in [0.3, 0.4) is 0 Å². The van der Waals surface area contributed by atoms with Gasteiger partial charge in [-0.25, -0.2) is 8.42 Å². The molecular formula is C22H25N3O7S. The number of methoxy groups -OCH3 is 1. The minimum absolute atomic E-state index is 0.0498. The summed E-state index contributed by atoms with van der Waals surface area (Å²) in [7, 11) is -2.54. The molecule has 176 valence electrons. The van der Waals surface area contributed by atoms with E-state index in [2.05, 4.69) is 10.0 Å². The number of fused-ring (bicyclic) bond motifs is 1. The number of sulfonamides is 1. The third-order valence-corrected chi connectivity index (χ3v) is 6.58. The molecule has 0 spiro atoms. The van der Waals surface area contributed by atoms with E-state index in [9.17, 15) is 22.8 Å². The number of nitrogens with zero attached hydrogens (tertiary/aromatic N) is 1. The predicted octanol–water partition coefficient (Wildman–Crippen LogP) is 1.67. The highest BCUT2D eigenvalue weighted by Crippen LogP contribution is 2.31. The van der Waals surface area contributed by atoms with Gasteiger partial charge in [0.1, 0.15) is 11.8 Å². The molecule has 1 heterocycles. The zero-order chi connectivity index (χ0) is 24.2. The number of para-hydroxylation sites is 2. The fourth-order valence-corrected chi connectivity index (χ4v) is 4.59. The fourth-order valence-electron chi connectivity index (χ4n) is 3.40. The Labute approximate surface area is 191 Å². The summed E-state index contributed by atoms with van der Waals surface area (Å²) in [4.78, 5) is 38.7. The number of nitrogens with one attached hydrogen (secondary N) is 2. The SMILES string of the molecule is COc1ccc(S(=O)(=O)N[C@@H](C)C(=O)OCC(=O)N2c3ccccc3NC(=O)CC2C)cc1. The number of carbonyl (C=O) groups is 3. The quantitative estimate of drug-likeness (QED) is 0.583. The molecule has 2 amide bonds. The van der Waals surface area contributed by atoms with Crippen molar-refractivity contribution in [1.82, 2.24) is 4.72 Å². The summed E-state index contributed by atoms with van der Waals surface area (Å²) < 4.78 is 37.3. The molecule has 1 aliphatic heterocycles. The number of benzene rings is 2. The van der Waals surface area contributed by atoms with E-state index >= 15 is 0 Å². The molecule has 0 fully saturated rings. The molecule has 1 aliphatic rings. The third-order valence-electron chi connectivity index (χ3n) is 5.02. The molecule has 0 saturated heterocycles. The lowest BCUT2D eigenvalue weighted by molar-refractivity contribution is -0.149. The van der Waals surface area contributed by atoms with Crippen LogP contribution in [0.4, 0.5) is 11.4 Å². The Kier molecular flexibility index (Phi) is 7.34. The smallest absolute Gasteiger partial charge is 0.324 e. The minimum atomic E-state index is -4.00. The van der Waals surface area contributed by atoms with Crippen molar-refractivity contribution in [2.75, 3.05) is 23.9 Å². The zero-order valence-electron chi connectivity index (χ0n) is 18.4. The standard InChI is InChI=1S/C22H25N3O7S/c1-14-12-20(26)23-18-6-4-5-7-19(18)25(14)21(27)13-32-22(28)15(2)24-33(29,30)17-10-8-16(31-3)9-11-17/h4-11,14-15,24H,12-13H2,1-3H3,(H,23,26)/t14?,15-/m0/s1. The number of hydrogen-bond donors (Lipinski definition) is 2. The average molecular weight is 476 g/mol. The highest BCUT2D eigenvalue weighted by atomic mass is 32.2. The van der Waals surface area contributed by atoms with Crippen LogP contribution in [-0.2, 0) is 29.1 Å². The maximum Gasteiger partial charge on any atom is 0.324 e. The lowest BCUT2D eigenvalue weighted by atomic mass is 10.1. The van der Waals surface area contributed by atoms with Crippen LogP contribution in [0.2, 0.25) is 0 Å². The van der Waals surface area contributed by atoms with Crippen LogP contribution >= 0.6 is 0 Å². The van der Waals surface area contributed by atoms with E-state index in [0.717, 1.165) is 0 Å². The van der Waals surface area contributed by atoms with Crippen LogP contribution in [0, 0.1) is 0 Å². The number of amides is 2. The van der Waals surface area contributed by atoms with E-state index in [1.807, 2.05) is 0 Å². The molecule has 0 saturated carbocycles. The molecule has 1 unspecified atom stereocenters. The fraction of sp³-hybridized carbons (Fsp3) is 0.318. The Hall–Kier alpha value is -3.44. The molecular weight excluding hydrogens is 450 g/mol. The Morgan fingerprint density at radius 3 is 2.52 bits per heavy atom. The summed E-state index contributed by atoms with van der Waals surface area (Å²) in [5.41, 5.74) is 0.970. The molecule has 0 radical (unpaired) electrons. The van der Waals surface area contributed by atoms with Crippen molar-refractivity contribution in [3.63, 3.8) is 0 Å². The zero-order valence-corrected chi connectivity index (χ0v) is 19.2. The summed E-state index contributed by atoms with van der Waals surface area (Å²) in [6.07, 6.45) is 0.0758. The van der Waals surface area contributed by atoms with Crippen LogP contribution in [0.1, 0.15) is 20.3 Å². The second-order valence-electron chi connectivity index (χ2n) is 7.51. The maximum atomic E-state index is 12.9. The van der Waals surface area contributed by atoms with Gasteiger partial charge in [-0.1, -0.05) is 12.1 Å². The minimum Gasteiger partial charge on any atom is -0.497 e. The number of rotatable bonds is 7. The monoisotopic (exact) mass is 475 g/mol. The van der Waals surface area contributed by atoms with Crippen molar-refractivity contribution in [2.45, 2.75) is 37.2 Å². The molecule has 2 atom stereocenters. The molecule has 0 bridgehead atoms. The normalized spacial score (nSPS) is 16.8. The van der Waals surface area contributed by atoms with Crippen molar-refractivity contribution >= 4 is 39.2 Å². The van der Waals surface area contributed by atoms with Crippen molar-refractivity contribution in [2.24, 2.45) is 0 Å². The summed E-state index contributed by atoms with van der Waals surface area (Å²) >= 11 is 0. The average Bonchev–Trinajstić information content (AvgIpc) is 2.91. The Bertz CT molecular complexity index is 1150. The van der Waals surface area contributed by atoms with E-state index in [1.54, 1.807) is 31.2 Å². The van der Waals surface area contributed by atoms with Gasteiger partial charge in [0.25, 0.3) is 5.91 Å². The lowest BCUT2D eigenvalue weighted by Gasteiger charge is -2.27. The second-order valence-corrected chi connectivity index (χ2v) is 9.22. The van der Waals surface area contributed by atoms with E-state index < -0.39 is 40.6 Å². The molecule has 2 aromatic rings. The van der Waals surface area contributed by atoms with Crippen molar-refractivity contribution in [3.05, 3.63) is 48.5 Å². The van der Waals surface area contributed by atoms with Crippen LogP contribution in [0.15, 0.2) is 53.4 Å². The molecule has 2 aromatic carbocycles. The van der Waals surface area contributed by atoms with E-state index in [1.165, 1.54) is 43.2 Å². The molecule has 0 aliphatic carbocycles. The van der Waals surface area contributed by atoms with Crippen molar-refractivity contribution in [1.29, 1.82) is 0 Å². The largest absolute Gasteiger partial charge is 0.497 e. The topological polar surface area (TPSA) is 131 Å². The van der Waals surface area contributed by atoms with Gasteiger partial charge in [-0.05, 0) is 50.2 Å². The molecule has 3 rings (SSSR count). The molecule has 33 heavy (non-hydrogen) atoms. The molecule has 0 aromatic heterocycles. The van der Waals surface area contributed by atoms with Gasteiger partial charge in [-0.15, -0.1) is 0 Å². The number of ether oxygens (including phenoxy) is 2. The first kappa shape index (κ1) is 24.2. The van der Waals surface area contributed by atoms with Crippen molar-refractivity contribution in [3.8, 4) is 5.75 Å². The van der Waals surface area contributed by atoms with E-state index in [4.69, 9.17) is 9.47 Å². The maximum absolute atomic E-state index is 12.9. The van der Waals surface area contributed by atoms with Gasteiger partial charge < -0.3 is 19.7 Å². The first-order chi connectivity index (χ1) is 15.6. The van der Waals surface area contributed by atoms with Gasteiger partial charge in [-0.3, -0.25) is 14.4 Å². The Morgan fingerprint density at radius 2 is 1.85 bits per heavy atom. The van der Waals surface area contributed by atoms with Gasteiger partial charge in [0.05, 0.1) is 23.4 Å². The Morgan fingerprint density at radius 1 is 1.18 bits per heavy atom. The number of carbonyl (C=O) groups excluding carboxylic acids is 3. The van der Waals surface area contributed by atoms with Crippen LogP contribution < -0.4 is 19.7 Å². The summed E-state index contributed by atoms with van der Waals surface area (Å²) in [5, 5.41) is 2.74. The highest BCUT2D eigenvalue weighted by Gasteiger charge is 2.31. The predicted molar refractivity (Wildman–Crippen MR) is 120 cm³/mol. The number of anilines is 2. The molecule has 10 nitrogen and oxygen atoms in total. The van der Waals surface area contributed by atoms with Gasteiger partial charge in [0, 0.05) is 12.5 Å². The first-order valence-electron chi connectivity index (χ1n) is 10.2. The lowest BCUT2D eigenvalue weighted by Crippen LogP contribution is -2.44. The highest BCUT2D eigenvalue weighted by molar-refractivity contribution is 7.89. The van der Waals surface area contributed by atoms with Gasteiger partial charge >= 0.3 is 5.97 Å². The molecule has 2 N–H and O–H groups in total. The summed E-state index contributed by atoms with van der Waals surface area (Å²) in [6, 6.07) is 10.8. The van der Waals surface area contributed by atoms with Gasteiger partial charge in [0.15, 0.2) is 6.61 Å². The second kappa shape index (κ2) is 10.0. The van der Waals surface area contributed by atoms with Crippen LogP contribution in [0.5, 0.6) is 5.75 Å². The first-order valence-corrected chi connectivity index (χ1v) is 11.6.